The summed E-state index contributed by atoms with van der Waals surface area (Å²) < 4.78 is 0. The molecular formula is C9H14BNO2S. The Balaban J connectivity index is 2.55. The van der Waals surface area contributed by atoms with Crippen LogP contribution >= 0.6 is 11.8 Å². The van der Waals surface area contributed by atoms with E-state index < -0.39 is 7.12 Å². The topological polar surface area (TPSA) is 53.4 Å². The molecule has 0 spiro atoms. The molecule has 3 nitrogen and oxygen atoms in total. The van der Waals surface area contributed by atoms with Gasteiger partial charge in [0.1, 0.15) is 0 Å². The lowest BCUT2D eigenvalue weighted by Crippen LogP contribution is -2.30. The van der Waals surface area contributed by atoms with Crippen LogP contribution in [0.1, 0.15) is 19.8 Å². The number of hydrogen-bond donors (Lipinski definition) is 2. The van der Waals surface area contributed by atoms with Crippen LogP contribution in [0.2, 0.25) is 0 Å². The van der Waals surface area contributed by atoms with E-state index in [9.17, 15) is 0 Å². The molecular weight excluding hydrogens is 197 g/mol. The van der Waals surface area contributed by atoms with Crippen LogP contribution < -0.4 is 5.46 Å². The molecule has 0 aliphatic carbocycles. The van der Waals surface area contributed by atoms with Gasteiger partial charge in [-0.2, -0.15) is 0 Å². The van der Waals surface area contributed by atoms with Crippen molar-refractivity contribution in [1.82, 2.24) is 4.98 Å². The Hall–Kier alpha value is -0.515. The van der Waals surface area contributed by atoms with E-state index in [1.807, 2.05) is 0 Å². The molecule has 14 heavy (non-hydrogen) atoms. The summed E-state index contributed by atoms with van der Waals surface area (Å²) in [5.41, 5.74) is 0.450. The molecule has 0 aliphatic rings. The third kappa shape index (κ3) is 3.70. The molecule has 0 bridgehead atoms. The average molecular weight is 211 g/mol. The number of pyridine rings is 1. The van der Waals surface area contributed by atoms with Gasteiger partial charge in [0.05, 0.1) is 0 Å². The Morgan fingerprint density at radius 3 is 2.86 bits per heavy atom. The smallest absolute Gasteiger partial charge is 0.423 e. The summed E-state index contributed by atoms with van der Waals surface area (Å²) in [5, 5.41) is 17.9. The molecule has 1 aromatic heterocycles. The number of unbranched alkanes of at least 4 members (excludes halogenated alkanes) is 1. The van der Waals surface area contributed by atoms with Gasteiger partial charge >= 0.3 is 7.12 Å². The number of rotatable bonds is 5. The molecule has 0 aromatic carbocycles. The quantitative estimate of drug-likeness (QED) is 0.426. The van der Waals surface area contributed by atoms with Gasteiger partial charge in [0, 0.05) is 22.8 Å². The van der Waals surface area contributed by atoms with Gasteiger partial charge in [-0.15, -0.1) is 11.8 Å². The van der Waals surface area contributed by atoms with E-state index in [0.29, 0.717) is 5.46 Å². The highest BCUT2D eigenvalue weighted by Crippen LogP contribution is 2.16. The van der Waals surface area contributed by atoms with Gasteiger partial charge in [-0.05, 0) is 18.2 Å². The molecule has 76 valence electrons. The fourth-order valence-corrected chi connectivity index (χ4v) is 2.01. The van der Waals surface area contributed by atoms with Crippen molar-refractivity contribution in [3.05, 3.63) is 18.5 Å². The molecule has 0 atom stereocenters. The Bertz CT molecular complexity index is 283. The van der Waals surface area contributed by atoms with Crippen molar-refractivity contribution >= 4 is 24.3 Å². The van der Waals surface area contributed by atoms with Gasteiger partial charge in [-0.1, -0.05) is 13.3 Å². The van der Waals surface area contributed by atoms with Crippen molar-refractivity contribution in [1.29, 1.82) is 0 Å². The maximum Gasteiger partial charge on any atom is 0.490 e. The SMILES string of the molecule is CCCCSc1cncc(B(O)O)c1. The first-order chi connectivity index (χ1) is 6.74. The normalized spacial score (nSPS) is 10.2. The lowest BCUT2D eigenvalue weighted by atomic mass is 9.82. The molecule has 0 amide bonds. The largest absolute Gasteiger partial charge is 0.490 e. The molecule has 0 saturated carbocycles. The molecule has 0 fully saturated rings. The van der Waals surface area contributed by atoms with Crippen LogP contribution in [-0.4, -0.2) is 27.9 Å². The highest BCUT2D eigenvalue weighted by atomic mass is 32.2. The summed E-state index contributed by atoms with van der Waals surface area (Å²) in [6.07, 6.45) is 5.54. The maximum atomic E-state index is 8.93. The summed E-state index contributed by atoms with van der Waals surface area (Å²) >= 11 is 1.69. The molecule has 0 saturated heterocycles. The maximum absolute atomic E-state index is 8.93. The monoisotopic (exact) mass is 211 g/mol. The van der Waals surface area contributed by atoms with Crippen molar-refractivity contribution in [3.63, 3.8) is 0 Å². The zero-order chi connectivity index (χ0) is 10.4. The minimum atomic E-state index is -1.42. The molecule has 1 rings (SSSR count). The van der Waals surface area contributed by atoms with Crippen LogP contribution in [0.25, 0.3) is 0 Å². The molecule has 1 heterocycles. The van der Waals surface area contributed by atoms with E-state index in [4.69, 9.17) is 10.0 Å². The van der Waals surface area contributed by atoms with E-state index in [1.54, 1.807) is 24.0 Å². The first-order valence-corrected chi connectivity index (χ1v) is 5.66. The molecule has 0 radical (unpaired) electrons. The highest BCUT2D eigenvalue weighted by Gasteiger charge is 2.11. The first kappa shape index (κ1) is 11.6. The number of aromatic nitrogens is 1. The zero-order valence-electron chi connectivity index (χ0n) is 8.18. The van der Waals surface area contributed by atoms with Crippen LogP contribution in [0.3, 0.4) is 0 Å². The first-order valence-electron chi connectivity index (χ1n) is 4.68. The van der Waals surface area contributed by atoms with Gasteiger partial charge in [0.15, 0.2) is 0 Å². The van der Waals surface area contributed by atoms with Crippen LogP contribution in [0.15, 0.2) is 23.4 Å². The number of hydrogen-bond acceptors (Lipinski definition) is 4. The van der Waals surface area contributed by atoms with Crippen molar-refractivity contribution in [2.45, 2.75) is 24.7 Å². The van der Waals surface area contributed by atoms with Crippen molar-refractivity contribution in [2.24, 2.45) is 0 Å². The summed E-state index contributed by atoms with van der Waals surface area (Å²) in [6.45, 7) is 2.15. The van der Waals surface area contributed by atoms with Crippen LogP contribution in [-0.2, 0) is 0 Å². The summed E-state index contributed by atoms with van der Waals surface area (Å²) in [4.78, 5) is 4.93. The van der Waals surface area contributed by atoms with Gasteiger partial charge < -0.3 is 10.0 Å². The summed E-state index contributed by atoms with van der Waals surface area (Å²) in [5.74, 6) is 1.04. The third-order valence-electron chi connectivity index (χ3n) is 1.80. The summed E-state index contributed by atoms with van der Waals surface area (Å²) in [6, 6.07) is 1.76. The minimum Gasteiger partial charge on any atom is -0.423 e. The number of nitrogens with zero attached hydrogens (tertiary/aromatic N) is 1. The molecule has 2 N–H and O–H groups in total. The molecule has 0 aliphatic heterocycles. The standard InChI is InChI=1S/C9H14BNO2S/c1-2-3-4-14-9-5-8(10(12)13)6-11-7-9/h5-7,12-13H,2-4H2,1H3. The fraction of sp³-hybridized carbons (Fsp3) is 0.444. The van der Waals surface area contributed by atoms with Crippen molar-refractivity contribution in [3.8, 4) is 0 Å². The lowest BCUT2D eigenvalue weighted by molar-refractivity contribution is 0.425. The van der Waals surface area contributed by atoms with Gasteiger partial charge in [-0.25, -0.2) is 0 Å². The van der Waals surface area contributed by atoms with E-state index in [0.717, 1.165) is 17.1 Å². The second-order valence-corrected chi connectivity index (χ2v) is 4.20. The molecule has 1 aromatic rings. The Morgan fingerprint density at radius 1 is 1.43 bits per heavy atom. The molecule has 0 unspecified atom stereocenters. The molecule has 5 heteroatoms. The second kappa shape index (κ2) is 6.06. The van der Waals surface area contributed by atoms with Crippen molar-refractivity contribution < 1.29 is 10.0 Å². The van der Waals surface area contributed by atoms with E-state index in [-0.39, 0.29) is 0 Å². The zero-order valence-corrected chi connectivity index (χ0v) is 9.00. The van der Waals surface area contributed by atoms with E-state index in [1.165, 1.54) is 12.6 Å². The van der Waals surface area contributed by atoms with Gasteiger partial charge in [0.2, 0.25) is 0 Å². The Kier molecular flexibility index (Phi) is 5.00. The van der Waals surface area contributed by atoms with E-state index in [2.05, 4.69) is 11.9 Å². The van der Waals surface area contributed by atoms with Crippen molar-refractivity contribution in [2.75, 3.05) is 5.75 Å². The Morgan fingerprint density at radius 2 is 2.21 bits per heavy atom. The van der Waals surface area contributed by atoms with Gasteiger partial charge in [0.25, 0.3) is 0 Å². The van der Waals surface area contributed by atoms with E-state index >= 15 is 0 Å². The van der Waals surface area contributed by atoms with Crippen LogP contribution in [0.4, 0.5) is 0 Å². The predicted octanol–water partition coefficient (Wildman–Crippen LogP) is 0.654. The summed E-state index contributed by atoms with van der Waals surface area (Å²) in [7, 11) is -1.42. The fourth-order valence-electron chi connectivity index (χ4n) is 0.990. The lowest BCUT2D eigenvalue weighted by Gasteiger charge is -2.02. The predicted molar refractivity (Wildman–Crippen MR) is 59.7 cm³/mol. The van der Waals surface area contributed by atoms with Crippen LogP contribution in [0, 0.1) is 0 Å². The Labute approximate surface area is 88.7 Å². The number of thioether (sulfide) groups is 1. The highest BCUT2D eigenvalue weighted by molar-refractivity contribution is 7.99. The minimum absolute atomic E-state index is 0.450. The van der Waals surface area contributed by atoms with Gasteiger partial charge in [-0.3, -0.25) is 4.98 Å². The second-order valence-electron chi connectivity index (χ2n) is 3.03. The van der Waals surface area contributed by atoms with Crippen LogP contribution in [0.5, 0.6) is 0 Å². The third-order valence-corrected chi connectivity index (χ3v) is 2.85. The average Bonchev–Trinajstić information content (AvgIpc) is 2.19.